The van der Waals surface area contributed by atoms with Crippen LogP contribution in [0.3, 0.4) is 0 Å². The molecule has 12 heteroatoms. The summed E-state index contributed by atoms with van der Waals surface area (Å²) in [6.07, 6.45) is -2.10. The summed E-state index contributed by atoms with van der Waals surface area (Å²) in [5, 5.41) is 11.4. The lowest BCUT2D eigenvalue weighted by molar-refractivity contribution is -0.211. The highest BCUT2D eigenvalue weighted by molar-refractivity contribution is 7.99. The average molecular weight is 464 g/mol. The molecule has 1 fully saturated rings. The summed E-state index contributed by atoms with van der Waals surface area (Å²) in [5.74, 6) is -2.70. The fraction of sp³-hybridized carbons (Fsp3) is 0.737. The number of unbranched alkanes of at least 4 members (excludes halogenated alkanes) is 1. The number of nitrogens with one attached hydrogen (secondary N) is 1. The van der Waals surface area contributed by atoms with Gasteiger partial charge in [0.25, 0.3) is 0 Å². The van der Waals surface area contributed by atoms with E-state index >= 15 is 0 Å². The number of aliphatic carboxylic acids is 1. The van der Waals surface area contributed by atoms with Gasteiger partial charge in [-0.1, -0.05) is 0 Å². The maximum absolute atomic E-state index is 11.8. The molecule has 1 aliphatic rings. The maximum Gasteiger partial charge on any atom is 0.303 e. The van der Waals surface area contributed by atoms with Crippen LogP contribution in [0.1, 0.15) is 47.0 Å². The van der Waals surface area contributed by atoms with Crippen molar-refractivity contribution in [1.82, 2.24) is 5.32 Å². The minimum Gasteiger partial charge on any atom is -0.481 e. The van der Waals surface area contributed by atoms with Crippen LogP contribution in [0.25, 0.3) is 0 Å². The fourth-order valence-electron chi connectivity index (χ4n) is 3.01. The molecule has 0 aromatic rings. The van der Waals surface area contributed by atoms with Crippen LogP contribution in [0.5, 0.6) is 0 Å². The molecule has 31 heavy (non-hydrogen) atoms. The molecule has 1 rings (SSSR count). The van der Waals surface area contributed by atoms with E-state index in [1.165, 1.54) is 39.5 Å². The Balaban J connectivity index is 3.11. The smallest absolute Gasteiger partial charge is 0.303 e. The second-order valence-electron chi connectivity index (χ2n) is 6.94. The Labute approximate surface area is 184 Å². The Morgan fingerprint density at radius 2 is 1.55 bits per heavy atom. The third-order valence-electron chi connectivity index (χ3n) is 4.14. The molecule has 1 amide bonds. The number of amides is 1. The molecule has 1 saturated heterocycles. The van der Waals surface area contributed by atoms with Crippen LogP contribution in [0.2, 0.25) is 0 Å². The molecule has 5 atom stereocenters. The Morgan fingerprint density at radius 1 is 0.935 bits per heavy atom. The molecule has 0 aromatic heterocycles. The predicted octanol–water partition coefficient (Wildman–Crippen LogP) is 0.631. The molecular formula is C19H29NO10S. The van der Waals surface area contributed by atoms with E-state index in [1.807, 2.05) is 0 Å². The normalized spacial score (nSPS) is 25.2. The van der Waals surface area contributed by atoms with Crippen molar-refractivity contribution in [2.45, 2.75) is 76.7 Å². The van der Waals surface area contributed by atoms with Crippen LogP contribution in [0, 0.1) is 0 Å². The van der Waals surface area contributed by atoms with Gasteiger partial charge in [-0.3, -0.25) is 24.0 Å². The predicted molar refractivity (Wildman–Crippen MR) is 108 cm³/mol. The topological polar surface area (TPSA) is 155 Å². The number of esters is 3. The molecule has 0 saturated carbocycles. The average Bonchev–Trinajstić information content (AvgIpc) is 2.62. The van der Waals surface area contributed by atoms with Crippen molar-refractivity contribution in [1.29, 1.82) is 0 Å². The molecule has 1 aliphatic heterocycles. The van der Waals surface area contributed by atoms with E-state index in [2.05, 4.69) is 5.32 Å². The lowest BCUT2D eigenvalue weighted by atomic mass is 9.97. The Kier molecular flexibility index (Phi) is 11.3. The van der Waals surface area contributed by atoms with Crippen LogP contribution < -0.4 is 5.32 Å². The molecule has 2 N–H and O–H groups in total. The monoisotopic (exact) mass is 463 g/mol. The number of carbonyl (C=O) groups is 5. The molecule has 0 aliphatic carbocycles. The first-order valence-electron chi connectivity index (χ1n) is 9.75. The van der Waals surface area contributed by atoms with Gasteiger partial charge in [-0.25, -0.2) is 0 Å². The number of carboxylic acids is 1. The molecule has 0 bridgehead atoms. The number of rotatable bonds is 11. The standard InChI is InChI=1S/C19H29NO10S/c1-10(21)20-16-18(29-13(4)24)17(28-12(3)23)14(9-27-11(2)22)30-19(16)31-8-6-5-7-15(25)26/h14,16-19H,5-9H2,1-4H3,(H,20,21)(H,25,26). The second-order valence-corrected chi connectivity index (χ2v) is 8.15. The minimum atomic E-state index is -1.12. The zero-order valence-corrected chi connectivity index (χ0v) is 18.8. The maximum atomic E-state index is 11.8. The van der Waals surface area contributed by atoms with Crippen LogP contribution in [0.4, 0.5) is 0 Å². The van der Waals surface area contributed by atoms with Gasteiger partial charge in [0.05, 0.1) is 0 Å². The van der Waals surface area contributed by atoms with Gasteiger partial charge in [0.1, 0.15) is 24.2 Å². The molecule has 1 heterocycles. The van der Waals surface area contributed by atoms with E-state index in [-0.39, 0.29) is 13.0 Å². The summed E-state index contributed by atoms with van der Waals surface area (Å²) < 4.78 is 21.7. The van der Waals surface area contributed by atoms with Gasteiger partial charge in [0.15, 0.2) is 12.2 Å². The minimum absolute atomic E-state index is 0.0287. The fourth-order valence-corrected chi connectivity index (χ4v) is 4.27. The lowest BCUT2D eigenvalue weighted by Crippen LogP contribution is -2.65. The molecule has 0 radical (unpaired) electrons. The summed E-state index contributed by atoms with van der Waals surface area (Å²) in [4.78, 5) is 57.2. The highest BCUT2D eigenvalue weighted by Gasteiger charge is 2.50. The summed E-state index contributed by atoms with van der Waals surface area (Å²) in [6.45, 7) is 4.59. The van der Waals surface area contributed by atoms with Crippen molar-refractivity contribution < 1.29 is 48.0 Å². The van der Waals surface area contributed by atoms with Gasteiger partial charge < -0.3 is 29.4 Å². The summed E-state index contributed by atoms with van der Waals surface area (Å²) >= 11 is 1.29. The van der Waals surface area contributed by atoms with Crippen LogP contribution in [-0.4, -0.2) is 77.0 Å². The van der Waals surface area contributed by atoms with Crippen LogP contribution >= 0.6 is 11.8 Å². The number of carbonyl (C=O) groups excluding carboxylic acids is 4. The van der Waals surface area contributed by atoms with Gasteiger partial charge >= 0.3 is 23.9 Å². The van der Waals surface area contributed by atoms with E-state index in [0.717, 1.165) is 0 Å². The van der Waals surface area contributed by atoms with Gasteiger partial charge in [-0.2, -0.15) is 0 Å². The first-order chi connectivity index (χ1) is 14.5. The third-order valence-corrected chi connectivity index (χ3v) is 5.40. The molecule has 5 unspecified atom stereocenters. The molecule has 176 valence electrons. The van der Waals surface area contributed by atoms with Gasteiger partial charge in [-0.05, 0) is 18.6 Å². The number of hydrogen-bond donors (Lipinski definition) is 2. The summed E-state index contributed by atoms with van der Waals surface area (Å²) in [6, 6.07) is -0.858. The van der Waals surface area contributed by atoms with Crippen molar-refractivity contribution in [3.8, 4) is 0 Å². The molecule has 0 spiro atoms. The SMILES string of the molecule is CC(=O)NC1C(SCCCCC(=O)O)OC(COC(C)=O)C(OC(C)=O)C1OC(C)=O. The number of thioether (sulfide) groups is 1. The van der Waals surface area contributed by atoms with Gasteiger partial charge in [0.2, 0.25) is 5.91 Å². The molecule has 11 nitrogen and oxygen atoms in total. The van der Waals surface area contributed by atoms with Gasteiger partial charge in [0, 0.05) is 34.1 Å². The van der Waals surface area contributed by atoms with Crippen molar-refractivity contribution in [2.24, 2.45) is 0 Å². The second kappa shape index (κ2) is 13.2. The Hall–Kier alpha value is -2.34. The summed E-state index contributed by atoms with van der Waals surface area (Å²) in [5.41, 5.74) is -0.731. The zero-order valence-electron chi connectivity index (χ0n) is 18.0. The van der Waals surface area contributed by atoms with E-state index in [9.17, 15) is 24.0 Å². The highest BCUT2D eigenvalue weighted by Crippen LogP contribution is 2.33. The van der Waals surface area contributed by atoms with E-state index in [1.54, 1.807) is 0 Å². The van der Waals surface area contributed by atoms with Gasteiger partial charge in [-0.15, -0.1) is 11.8 Å². The van der Waals surface area contributed by atoms with E-state index in [0.29, 0.717) is 18.6 Å². The molecule has 0 aromatic carbocycles. The van der Waals surface area contributed by atoms with E-state index in [4.69, 9.17) is 24.1 Å². The highest BCUT2D eigenvalue weighted by atomic mass is 32.2. The van der Waals surface area contributed by atoms with Crippen molar-refractivity contribution in [3.05, 3.63) is 0 Å². The van der Waals surface area contributed by atoms with E-state index < -0.39 is 59.6 Å². The summed E-state index contributed by atoms with van der Waals surface area (Å²) in [7, 11) is 0. The number of carboxylic acid groups (broad SMARTS) is 1. The Bertz CT molecular complexity index is 670. The van der Waals surface area contributed by atoms with Crippen molar-refractivity contribution in [3.63, 3.8) is 0 Å². The first kappa shape index (κ1) is 26.7. The number of ether oxygens (including phenoxy) is 4. The number of hydrogen-bond acceptors (Lipinski definition) is 10. The lowest BCUT2D eigenvalue weighted by Gasteiger charge is -2.45. The van der Waals surface area contributed by atoms with Crippen LogP contribution in [0.15, 0.2) is 0 Å². The molecular weight excluding hydrogens is 434 g/mol. The third kappa shape index (κ3) is 10.0. The Morgan fingerprint density at radius 3 is 2.06 bits per heavy atom. The largest absolute Gasteiger partial charge is 0.481 e. The first-order valence-corrected chi connectivity index (χ1v) is 10.8. The van der Waals surface area contributed by atoms with Crippen molar-refractivity contribution >= 4 is 41.5 Å². The zero-order chi connectivity index (χ0) is 23.6. The van der Waals surface area contributed by atoms with Crippen LogP contribution in [-0.2, 0) is 42.9 Å². The quantitative estimate of drug-likeness (QED) is 0.252. The van der Waals surface area contributed by atoms with Crippen molar-refractivity contribution in [2.75, 3.05) is 12.4 Å².